The van der Waals surface area contributed by atoms with Gasteiger partial charge in [-0.2, -0.15) is 5.10 Å². The third kappa shape index (κ3) is 3.80. The molecule has 1 aliphatic heterocycles. The number of esters is 1. The normalized spacial score (nSPS) is 16.8. The summed E-state index contributed by atoms with van der Waals surface area (Å²) in [6.45, 7) is 2.34. The second kappa shape index (κ2) is 7.74. The molecule has 1 aromatic rings. The molecular formula is C18H23N3O5. The lowest BCUT2D eigenvalue weighted by atomic mass is 10.2. The molecule has 1 fully saturated rings. The molecule has 1 aromatic carbocycles. The maximum Gasteiger partial charge on any atom is 0.353 e. The van der Waals surface area contributed by atoms with Gasteiger partial charge in [0.15, 0.2) is 6.61 Å². The van der Waals surface area contributed by atoms with Crippen molar-refractivity contribution in [2.75, 3.05) is 44.0 Å². The van der Waals surface area contributed by atoms with E-state index in [1.54, 1.807) is 18.0 Å². The average Bonchev–Trinajstić information content (AvgIpc) is 3.46. The molecule has 3 rings (SSSR count). The third-order valence-electron chi connectivity index (χ3n) is 4.32. The Morgan fingerprint density at radius 2 is 2.15 bits per heavy atom. The van der Waals surface area contributed by atoms with Crippen LogP contribution in [0.4, 0.5) is 11.4 Å². The average molecular weight is 361 g/mol. The fraction of sp³-hybridized carbons (Fsp3) is 0.500. The highest BCUT2D eigenvalue weighted by Gasteiger charge is 2.32. The maximum absolute atomic E-state index is 12.3. The lowest BCUT2D eigenvalue weighted by molar-refractivity contribution is -0.132. The molecule has 0 aromatic heterocycles. The van der Waals surface area contributed by atoms with Crippen molar-refractivity contribution in [1.29, 1.82) is 0 Å². The number of fused-ring (bicyclic) bond motifs is 1. The molecule has 8 heteroatoms. The van der Waals surface area contributed by atoms with Crippen LogP contribution in [0.5, 0.6) is 5.75 Å². The van der Waals surface area contributed by atoms with Gasteiger partial charge in [-0.15, -0.1) is 0 Å². The van der Waals surface area contributed by atoms with Crippen LogP contribution >= 0.6 is 0 Å². The van der Waals surface area contributed by atoms with Gasteiger partial charge in [0, 0.05) is 13.7 Å². The summed E-state index contributed by atoms with van der Waals surface area (Å²) in [4.78, 5) is 25.7. The van der Waals surface area contributed by atoms with Crippen LogP contribution in [-0.2, 0) is 19.1 Å². The highest BCUT2D eigenvalue weighted by atomic mass is 16.5. The molecule has 1 heterocycles. The SMILES string of the molecule is COCN1C(=O)COc2cccc(N(CC3CC3)/N=C(\C)C(=O)OC)c21. The predicted octanol–water partition coefficient (Wildman–Crippen LogP) is 1.78. The smallest absolute Gasteiger partial charge is 0.353 e. The van der Waals surface area contributed by atoms with Crippen LogP contribution in [0.25, 0.3) is 0 Å². The van der Waals surface area contributed by atoms with E-state index < -0.39 is 5.97 Å². The Labute approximate surface area is 152 Å². The molecule has 1 amide bonds. The van der Waals surface area contributed by atoms with Crippen LogP contribution < -0.4 is 14.6 Å². The number of hydrogen-bond acceptors (Lipinski definition) is 7. The molecule has 2 aliphatic rings. The van der Waals surface area contributed by atoms with Crippen LogP contribution in [0.2, 0.25) is 0 Å². The van der Waals surface area contributed by atoms with E-state index >= 15 is 0 Å². The summed E-state index contributed by atoms with van der Waals surface area (Å²) < 4.78 is 15.5. The van der Waals surface area contributed by atoms with E-state index in [1.165, 1.54) is 19.1 Å². The van der Waals surface area contributed by atoms with Gasteiger partial charge in [-0.3, -0.25) is 14.7 Å². The molecule has 1 aliphatic carbocycles. The number of nitrogens with zero attached hydrogens (tertiary/aromatic N) is 3. The van der Waals surface area contributed by atoms with Crippen molar-refractivity contribution in [3.63, 3.8) is 0 Å². The van der Waals surface area contributed by atoms with Gasteiger partial charge in [0.25, 0.3) is 5.91 Å². The van der Waals surface area contributed by atoms with E-state index in [9.17, 15) is 9.59 Å². The summed E-state index contributed by atoms with van der Waals surface area (Å²) in [5.41, 5.74) is 1.54. The Kier molecular flexibility index (Phi) is 5.41. The van der Waals surface area contributed by atoms with Crippen molar-refractivity contribution in [3.8, 4) is 5.75 Å². The fourth-order valence-electron chi connectivity index (χ4n) is 2.82. The van der Waals surface area contributed by atoms with Crippen LogP contribution in [0.15, 0.2) is 23.3 Å². The standard InChI is InChI=1S/C18H23N3O5/c1-12(18(23)25-3)19-21(9-13-7-8-13)14-5-4-6-15-17(14)20(11-24-2)16(22)10-26-15/h4-6,13H,7-11H2,1-3H3/b19-12+. The van der Waals surface area contributed by atoms with Crippen LogP contribution in [-0.4, -0.2) is 51.7 Å². The molecule has 26 heavy (non-hydrogen) atoms. The highest BCUT2D eigenvalue weighted by molar-refractivity contribution is 6.35. The first-order valence-corrected chi connectivity index (χ1v) is 8.51. The van der Waals surface area contributed by atoms with E-state index in [2.05, 4.69) is 5.10 Å². The third-order valence-corrected chi connectivity index (χ3v) is 4.32. The lowest BCUT2D eigenvalue weighted by Crippen LogP contribution is -2.41. The van der Waals surface area contributed by atoms with E-state index in [-0.39, 0.29) is 25.0 Å². The molecule has 8 nitrogen and oxygen atoms in total. The molecule has 0 atom stereocenters. The number of hydrogen-bond donors (Lipinski definition) is 0. The molecule has 140 valence electrons. The molecule has 1 saturated carbocycles. The molecule has 0 N–H and O–H groups in total. The summed E-state index contributed by atoms with van der Waals surface area (Å²) in [5, 5.41) is 6.22. The van der Waals surface area contributed by atoms with Crippen molar-refractivity contribution in [3.05, 3.63) is 18.2 Å². The van der Waals surface area contributed by atoms with E-state index in [1.807, 2.05) is 12.1 Å². The van der Waals surface area contributed by atoms with Crippen molar-refractivity contribution >= 4 is 29.0 Å². The van der Waals surface area contributed by atoms with Gasteiger partial charge in [-0.1, -0.05) is 6.07 Å². The van der Waals surface area contributed by atoms with E-state index in [4.69, 9.17) is 14.2 Å². The zero-order valence-electron chi connectivity index (χ0n) is 15.2. The number of methoxy groups -OCH3 is 2. The van der Waals surface area contributed by atoms with Crippen LogP contribution in [0, 0.1) is 5.92 Å². The number of ether oxygens (including phenoxy) is 3. The second-order valence-corrected chi connectivity index (χ2v) is 6.35. The van der Waals surface area contributed by atoms with Crippen LogP contribution in [0.3, 0.4) is 0 Å². The highest BCUT2D eigenvalue weighted by Crippen LogP contribution is 2.42. The molecular weight excluding hydrogens is 338 g/mol. The molecule has 0 unspecified atom stereocenters. The summed E-state index contributed by atoms with van der Waals surface area (Å²) >= 11 is 0. The monoisotopic (exact) mass is 361 g/mol. The van der Waals surface area contributed by atoms with Gasteiger partial charge in [0.1, 0.15) is 23.9 Å². The number of anilines is 2. The summed E-state index contributed by atoms with van der Waals surface area (Å²) in [6, 6.07) is 5.51. The minimum absolute atomic E-state index is 0.0348. The van der Waals surface area contributed by atoms with Gasteiger partial charge in [0.05, 0.1) is 12.8 Å². The Morgan fingerprint density at radius 1 is 1.38 bits per heavy atom. The number of amides is 1. The number of rotatable bonds is 7. The lowest BCUT2D eigenvalue weighted by Gasteiger charge is -2.33. The maximum atomic E-state index is 12.3. The number of benzene rings is 1. The first-order valence-electron chi connectivity index (χ1n) is 8.51. The van der Waals surface area contributed by atoms with Crippen molar-refractivity contribution in [2.24, 2.45) is 11.0 Å². The van der Waals surface area contributed by atoms with Crippen molar-refractivity contribution in [1.82, 2.24) is 0 Å². The van der Waals surface area contributed by atoms with Gasteiger partial charge >= 0.3 is 5.97 Å². The topological polar surface area (TPSA) is 80.7 Å². The largest absolute Gasteiger partial charge is 0.481 e. The number of hydrazone groups is 1. The Bertz CT molecular complexity index is 730. The van der Waals surface area contributed by atoms with Crippen molar-refractivity contribution < 1.29 is 23.8 Å². The molecule has 0 radical (unpaired) electrons. The summed E-state index contributed by atoms with van der Waals surface area (Å²) in [5.74, 6) is 0.422. The zero-order valence-corrected chi connectivity index (χ0v) is 15.2. The second-order valence-electron chi connectivity index (χ2n) is 6.35. The Hall–Kier alpha value is -2.61. The van der Waals surface area contributed by atoms with Gasteiger partial charge in [-0.05, 0) is 37.8 Å². The minimum Gasteiger partial charge on any atom is -0.481 e. The quantitative estimate of drug-likeness (QED) is 0.418. The molecule has 0 saturated heterocycles. The Morgan fingerprint density at radius 3 is 2.81 bits per heavy atom. The predicted molar refractivity (Wildman–Crippen MR) is 96.5 cm³/mol. The van der Waals surface area contributed by atoms with Crippen LogP contribution in [0.1, 0.15) is 19.8 Å². The number of carbonyl (C=O) groups excluding carboxylic acids is 2. The number of para-hydroxylation sites is 1. The summed E-state index contributed by atoms with van der Waals surface area (Å²) in [7, 11) is 2.86. The minimum atomic E-state index is -0.489. The van der Waals surface area contributed by atoms with E-state index in [0.717, 1.165) is 12.8 Å². The summed E-state index contributed by atoms with van der Waals surface area (Å²) in [6.07, 6.45) is 2.24. The first kappa shape index (κ1) is 18.2. The van der Waals surface area contributed by atoms with Gasteiger partial charge in [0.2, 0.25) is 0 Å². The van der Waals surface area contributed by atoms with Gasteiger partial charge < -0.3 is 14.2 Å². The Balaban J connectivity index is 2.04. The number of carbonyl (C=O) groups is 2. The van der Waals surface area contributed by atoms with Crippen molar-refractivity contribution in [2.45, 2.75) is 19.8 Å². The zero-order chi connectivity index (χ0) is 18.7. The molecule has 0 bridgehead atoms. The molecule has 0 spiro atoms. The fourth-order valence-corrected chi connectivity index (χ4v) is 2.82. The van der Waals surface area contributed by atoms with Gasteiger partial charge in [-0.25, -0.2) is 4.79 Å². The first-order chi connectivity index (χ1) is 12.5. The van der Waals surface area contributed by atoms with E-state index in [0.29, 0.717) is 29.6 Å².